The third-order valence-corrected chi connectivity index (χ3v) is 5.64. The number of imide groups is 1. The molecule has 3 heterocycles. The molecule has 0 N–H and O–H groups in total. The Morgan fingerprint density at radius 1 is 1.19 bits per heavy atom. The molecule has 1 aromatic carbocycles. The zero-order valence-electron chi connectivity index (χ0n) is 16.8. The molecular formula is C20H18N2O9. The zero-order chi connectivity index (χ0) is 22.7. The first-order valence-corrected chi connectivity index (χ1v) is 9.41. The van der Waals surface area contributed by atoms with E-state index < -0.39 is 58.5 Å². The molecule has 2 amide bonds. The van der Waals surface area contributed by atoms with Crippen molar-refractivity contribution in [1.29, 1.82) is 0 Å². The molecule has 11 heteroatoms. The summed E-state index contributed by atoms with van der Waals surface area (Å²) in [6.45, 7) is 3.83. The molecule has 11 nitrogen and oxygen atoms in total. The third kappa shape index (κ3) is 3.00. The second-order valence-electron chi connectivity index (χ2n) is 7.59. The predicted octanol–water partition coefficient (Wildman–Crippen LogP) is 1.17. The van der Waals surface area contributed by atoms with E-state index in [2.05, 4.69) is 0 Å². The normalized spacial score (nSPS) is 28.3. The molecular weight excluding hydrogens is 412 g/mol. The number of non-ortho nitro benzene ring substituents is 1. The number of hydrogen-bond donors (Lipinski definition) is 0. The number of carbonyl (C=O) groups is 4. The van der Waals surface area contributed by atoms with Crippen molar-refractivity contribution in [2.45, 2.75) is 38.8 Å². The Balaban J connectivity index is 1.78. The van der Waals surface area contributed by atoms with E-state index in [1.54, 1.807) is 13.0 Å². The molecule has 4 rings (SSSR count). The van der Waals surface area contributed by atoms with E-state index in [1.165, 1.54) is 18.2 Å². The van der Waals surface area contributed by atoms with E-state index >= 15 is 0 Å². The van der Waals surface area contributed by atoms with Crippen molar-refractivity contribution in [2.75, 3.05) is 4.90 Å². The van der Waals surface area contributed by atoms with Gasteiger partial charge in [0.2, 0.25) is 11.8 Å². The van der Waals surface area contributed by atoms with Crippen molar-refractivity contribution in [3.05, 3.63) is 46.0 Å². The maximum Gasteiger partial charge on any atom is 0.305 e. The molecule has 0 saturated carbocycles. The van der Waals surface area contributed by atoms with Crippen molar-refractivity contribution in [3.63, 3.8) is 0 Å². The highest BCUT2D eigenvalue weighted by molar-refractivity contribution is 6.23. The summed E-state index contributed by atoms with van der Waals surface area (Å²) in [6.07, 6.45) is 0.626. The topological polar surface area (TPSA) is 142 Å². The number of hydrogen-bond acceptors (Lipinski definition) is 9. The highest BCUT2D eigenvalue weighted by Crippen LogP contribution is 2.55. The number of esters is 2. The summed E-state index contributed by atoms with van der Waals surface area (Å²) < 4.78 is 16.2. The van der Waals surface area contributed by atoms with E-state index in [4.69, 9.17) is 14.2 Å². The lowest BCUT2D eigenvalue weighted by Gasteiger charge is -2.34. The van der Waals surface area contributed by atoms with Crippen molar-refractivity contribution in [3.8, 4) is 0 Å². The summed E-state index contributed by atoms with van der Waals surface area (Å²) >= 11 is 0. The average molecular weight is 430 g/mol. The smallest absolute Gasteiger partial charge is 0.305 e. The van der Waals surface area contributed by atoms with Crippen LogP contribution < -0.4 is 4.90 Å². The lowest BCUT2D eigenvalue weighted by molar-refractivity contribution is -0.384. The number of anilines is 1. The standard InChI is InChI=1S/C20H18N2O9/c1-9-4-5-12(22(27)28)8-13(9)21-17(25)15-14-6-7-20(31-14,16(15)18(21)26)19(29-10(2)23)30-11(3)24/h4-8,14-16,19H,1-3H3/t14-,15-,16+,20+/m0/s1. The number of benzene rings is 1. The Hall–Kier alpha value is -3.60. The number of aryl methyl sites for hydroxylation is 1. The van der Waals surface area contributed by atoms with Gasteiger partial charge in [-0.05, 0) is 18.6 Å². The second kappa shape index (κ2) is 6.98. The SMILES string of the molecule is CC(=O)OC(OC(C)=O)[C@]12C=C[C@H](O1)[C@@H]1C(=O)N(c3cc([N+](=O)[O-])ccc3C)C(=O)[C@@H]12. The van der Waals surface area contributed by atoms with Gasteiger partial charge in [-0.15, -0.1) is 0 Å². The Labute approximate surface area is 175 Å². The van der Waals surface area contributed by atoms with Crippen LogP contribution in [0.15, 0.2) is 30.4 Å². The van der Waals surface area contributed by atoms with Gasteiger partial charge in [-0.25, -0.2) is 4.90 Å². The Morgan fingerprint density at radius 3 is 2.42 bits per heavy atom. The van der Waals surface area contributed by atoms with Crippen LogP contribution in [0.5, 0.6) is 0 Å². The minimum Gasteiger partial charge on any atom is -0.422 e. The quantitative estimate of drug-likeness (QED) is 0.168. The van der Waals surface area contributed by atoms with Crippen LogP contribution in [0.4, 0.5) is 11.4 Å². The first kappa shape index (κ1) is 20.7. The second-order valence-corrected chi connectivity index (χ2v) is 7.59. The summed E-state index contributed by atoms with van der Waals surface area (Å²) in [5.41, 5.74) is -1.38. The average Bonchev–Trinajstić information content (AvgIpc) is 3.32. The van der Waals surface area contributed by atoms with E-state index in [0.717, 1.165) is 24.8 Å². The molecule has 0 spiro atoms. The number of ether oxygens (including phenoxy) is 3. The van der Waals surface area contributed by atoms with Crippen molar-refractivity contribution in [1.82, 2.24) is 0 Å². The van der Waals surface area contributed by atoms with Crippen LogP contribution in [0.2, 0.25) is 0 Å². The van der Waals surface area contributed by atoms with Crippen LogP contribution >= 0.6 is 0 Å². The molecule has 3 aliphatic rings. The van der Waals surface area contributed by atoms with E-state index in [1.807, 2.05) is 0 Å². The fraction of sp³-hybridized carbons (Fsp3) is 0.400. The molecule has 2 saturated heterocycles. The molecule has 0 radical (unpaired) electrons. The molecule has 2 bridgehead atoms. The third-order valence-electron chi connectivity index (χ3n) is 5.64. The molecule has 162 valence electrons. The van der Waals surface area contributed by atoms with E-state index in [0.29, 0.717) is 5.56 Å². The Morgan fingerprint density at radius 2 is 1.84 bits per heavy atom. The number of fused-ring (bicyclic) bond motifs is 5. The number of nitro groups is 1. The van der Waals surface area contributed by atoms with Crippen LogP contribution in [0.25, 0.3) is 0 Å². The summed E-state index contributed by atoms with van der Waals surface area (Å²) in [4.78, 5) is 61.4. The highest BCUT2D eigenvalue weighted by atomic mass is 16.7. The van der Waals surface area contributed by atoms with Crippen LogP contribution in [-0.2, 0) is 33.4 Å². The molecule has 1 aromatic rings. The van der Waals surface area contributed by atoms with Gasteiger partial charge >= 0.3 is 11.9 Å². The summed E-state index contributed by atoms with van der Waals surface area (Å²) in [5, 5.41) is 11.2. The molecule has 3 aliphatic heterocycles. The van der Waals surface area contributed by atoms with Gasteiger partial charge in [0.1, 0.15) is 0 Å². The van der Waals surface area contributed by atoms with Gasteiger partial charge in [-0.1, -0.05) is 12.1 Å². The van der Waals surface area contributed by atoms with Crippen LogP contribution in [-0.4, -0.2) is 46.7 Å². The van der Waals surface area contributed by atoms with Gasteiger partial charge in [-0.3, -0.25) is 29.3 Å². The fourth-order valence-electron chi connectivity index (χ4n) is 4.41. The highest BCUT2D eigenvalue weighted by Gasteiger charge is 2.72. The van der Waals surface area contributed by atoms with Crippen molar-refractivity contribution >= 4 is 35.1 Å². The molecule has 31 heavy (non-hydrogen) atoms. The first-order chi connectivity index (χ1) is 14.6. The van der Waals surface area contributed by atoms with Crippen LogP contribution in [0.1, 0.15) is 19.4 Å². The molecule has 0 aromatic heterocycles. The number of amides is 2. The van der Waals surface area contributed by atoms with Gasteiger partial charge in [0, 0.05) is 26.0 Å². The van der Waals surface area contributed by atoms with Gasteiger partial charge in [-0.2, -0.15) is 0 Å². The zero-order valence-corrected chi connectivity index (χ0v) is 16.8. The maximum absolute atomic E-state index is 13.4. The minimum atomic E-state index is -1.68. The number of nitro benzene ring substituents is 1. The monoisotopic (exact) mass is 430 g/mol. The molecule has 4 atom stereocenters. The van der Waals surface area contributed by atoms with E-state index in [-0.39, 0.29) is 11.4 Å². The van der Waals surface area contributed by atoms with E-state index in [9.17, 15) is 29.3 Å². The Bertz CT molecular complexity index is 1050. The number of nitrogens with zero attached hydrogens (tertiary/aromatic N) is 2. The van der Waals surface area contributed by atoms with Gasteiger partial charge in [0.25, 0.3) is 12.0 Å². The maximum atomic E-state index is 13.4. The Kier molecular flexibility index (Phi) is 4.65. The van der Waals surface area contributed by atoms with Gasteiger partial charge in [0.05, 0.1) is 28.6 Å². The first-order valence-electron chi connectivity index (χ1n) is 9.41. The summed E-state index contributed by atoms with van der Waals surface area (Å²) in [7, 11) is 0. The number of rotatable bonds is 5. The fourth-order valence-corrected chi connectivity index (χ4v) is 4.41. The van der Waals surface area contributed by atoms with Gasteiger partial charge in [0.15, 0.2) is 5.60 Å². The minimum absolute atomic E-state index is 0.0877. The van der Waals surface area contributed by atoms with Crippen molar-refractivity contribution < 1.29 is 38.3 Å². The van der Waals surface area contributed by atoms with Crippen molar-refractivity contribution in [2.24, 2.45) is 11.8 Å². The lowest BCUT2D eigenvalue weighted by Crippen LogP contribution is -2.52. The molecule has 0 unspecified atom stereocenters. The van der Waals surface area contributed by atoms with Crippen LogP contribution in [0.3, 0.4) is 0 Å². The van der Waals surface area contributed by atoms with Gasteiger partial charge < -0.3 is 14.2 Å². The lowest BCUT2D eigenvalue weighted by atomic mass is 9.76. The summed E-state index contributed by atoms with van der Waals surface area (Å²) in [5.74, 6) is -4.92. The summed E-state index contributed by atoms with van der Waals surface area (Å²) in [6, 6.07) is 3.88. The number of carbonyl (C=O) groups excluding carboxylic acids is 4. The predicted molar refractivity (Wildman–Crippen MR) is 101 cm³/mol. The largest absolute Gasteiger partial charge is 0.422 e. The van der Waals surface area contributed by atoms with Crippen LogP contribution in [0, 0.1) is 28.9 Å². The molecule has 2 fully saturated rings. The molecule has 0 aliphatic carbocycles.